The first-order chi connectivity index (χ1) is 13.7. The number of carbonyl (C=O) groups is 2. The van der Waals surface area contributed by atoms with Crippen LogP contribution in [0, 0.1) is 5.92 Å². The Balaban J connectivity index is 1.80. The lowest BCUT2D eigenvalue weighted by Gasteiger charge is -2.22. The van der Waals surface area contributed by atoms with Crippen LogP contribution in [-0.4, -0.2) is 18.5 Å². The lowest BCUT2D eigenvalue weighted by molar-refractivity contribution is -0.159. The van der Waals surface area contributed by atoms with Crippen LogP contribution in [-0.2, 0) is 14.3 Å². The van der Waals surface area contributed by atoms with Crippen molar-refractivity contribution in [2.75, 3.05) is 11.9 Å². The third-order valence-electron chi connectivity index (χ3n) is 4.62. The zero-order valence-electron chi connectivity index (χ0n) is 16.0. The number of nitrogens with one attached hydrogen (secondary N) is 1. The molecule has 0 aromatic heterocycles. The molecule has 0 fully saturated rings. The number of hydrogen-bond acceptors (Lipinski definition) is 4. The van der Waals surface area contributed by atoms with E-state index in [-0.39, 0.29) is 11.9 Å². The van der Waals surface area contributed by atoms with Gasteiger partial charge in [-0.05, 0) is 38.3 Å². The van der Waals surface area contributed by atoms with Crippen LogP contribution in [0.15, 0.2) is 66.7 Å². The van der Waals surface area contributed by atoms with Gasteiger partial charge in [-0.1, -0.05) is 54.6 Å². The maximum atomic E-state index is 13.0. The second kappa shape index (κ2) is 9.74. The molecule has 0 aliphatic heterocycles. The summed E-state index contributed by atoms with van der Waals surface area (Å²) in [5, 5.41) is 2.85. The smallest absolute Gasteiger partial charge is 0.310 e. The fourth-order valence-electron chi connectivity index (χ4n) is 3.17. The van der Waals surface area contributed by atoms with Crippen molar-refractivity contribution in [2.45, 2.75) is 32.3 Å². The summed E-state index contributed by atoms with van der Waals surface area (Å²) in [6.07, 6.45) is 5.28. The van der Waals surface area contributed by atoms with Gasteiger partial charge < -0.3 is 14.8 Å². The van der Waals surface area contributed by atoms with Crippen molar-refractivity contribution >= 4 is 17.6 Å². The van der Waals surface area contributed by atoms with Gasteiger partial charge in [-0.25, -0.2) is 0 Å². The summed E-state index contributed by atoms with van der Waals surface area (Å²) < 4.78 is 11.3. The van der Waals surface area contributed by atoms with Gasteiger partial charge >= 0.3 is 5.97 Å². The van der Waals surface area contributed by atoms with Crippen molar-refractivity contribution in [1.82, 2.24) is 0 Å². The maximum absolute atomic E-state index is 13.0. The van der Waals surface area contributed by atoms with Crippen molar-refractivity contribution in [3.05, 3.63) is 72.3 Å². The van der Waals surface area contributed by atoms with Crippen LogP contribution >= 0.6 is 0 Å². The molecule has 1 aliphatic carbocycles. The summed E-state index contributed by atoms with van der Waals surface area (Å²) in [5.74, 6) is -0.377. The molecule has 5 nitrogen and oxygen atoms in total. The highest BCUT2D eigenvalue weighted by Crippen LogP contribution is 2.28. The van der Waals surface area contributed by atoms with Crippen molar-refractivity contribution in [1.29, 1.82) is 0 Å². The molecule has 28 heavy (non-hydrogen) atoms. The minimum absolute atomic E-state index is 0.209. The molecule has 0 saturated heterocycles. The van der Waals surface area contributed by atoms with Crippen molar-refractivity contribution in [3.63, 3.8) is 0 Å². The fraction of sp³-hybridized carbons (Fsp3) is 0.304. The normalized spacial score (nSPS) is 16.8. The van der Waals surface area contributed by atoms with E-state index in [1.54, 1.807) is 24.3 Å². The van der Waals surface area contributed by atoms with E-state index >= 15 is 0 Å². The summed E-state index contributed by atoms with van der Waals surface area (Å²) in [6.45, 7) is 2.37. The van der Waals surface area contributed by atoms with Crippen molar-refractivity contribution in [2.24, 2.45) is 5.92 Å². The monoisotopic (exact) mass is 379 g/mol. The number of esters is 1. The average Bonchev–Trinajstić information content (AvgIpc) is 2.74. The first kappa shape index (κ1) is 19.7. The van der Waals surface area contributed by atoms with Crippen LogP contribution in [0.4, 0.5) is 5.69 Å². The fourth-order valence-corrected chi connectivity index (χ4v) is 3.17. The van der Waals surface area contributed by atoms with Gasteiger partial charge in [0.1, 0.15) is 5.75 Å². The van der Waals surface area contributed by atoms with Crippen LogP contribution in [0.3, 0.4) is 0 Å². The summed E-state index contributed by atoms with van der Waals surface area (Å²) in [5.41, 5.74) is 1.18. The third kappa shape index (κ3) is 5.00. The molecule has 0 heterocycles. The van der Waals surface area contributed by atoms with E-state index in [4.69, 9.17) is 9.47 Å². The number of allylic oxidation sites excluding steroid dienone is 2. The Hall–Kier alpha value is -3.08. The molecule has 0 radical (unpaired) electrons. The van der Waals surface area contributed by atoms with Crippen LogP contribution in [0.2, 0.25) is 0 Å². The lowest BCUT2D eigenvalue weighted by atomic mass is 9.94. The highest BCUT2D eigenvalue weighted by atomic mass is 16.5. The van der Waals surface area contributed by atoms with Crippen LogP contribution < -0.4 is 10.1 Å². The van der Waals surface area contributed by atoms with E-state index in [1.807, 2.05) is 43.3 Å². The molecule has 2 atom stereocenters. The standard InChI is InChI=1S/C23H25NO4/c1-2-27-20-16-10-9-15-19(20)24-22(25)21(17-11-5-3-6-12-17)28-23(26)18-13-7-4-8-14-18/h3-7,9-12,15-16,18,21H,2,8,13-14H2,1H3,(H,24,25). The first-order valence-electron chi connectivity index (χ1n) is 9.62. The Kier molecular flexibility index (Phi) is 6.84. The van der Waals surface area contributed by atoms with E-state index in [0.29, 0.717) is 30.0 Å². The lowest BCUT2D eigenvalue weighted by Crippen LogP contribution is -2.29. The second-order valence-electron chi connectivity index (χ2n) is 6.63. The minimum Gasteiger partial charge on any atom is -0.492 e. The Morgan fingerprint density at radius 3 is 2.54 bits per heavy atom. The maximum Gasteiger partial charge on any atom is 0.310 e. The zero-order chi connectivity index (χ0) is 19.8. The van der Waals surface area contributed by atoms with E-state index in [2.05, 4.69) is 11.4 Å². The molecule has 0 saturated carbocycles. The highest BCUT2D eigenvalue weighted by molar-refractivity contribution is 5.97. The summed E-state index contributed by atoms with van der Waals surface area (Å²) >= 11 is 0. The predicted molar refractivity (Wildman–Crippen MR) is 108 cm³/mol. The quantitative estimate of drug-likeness (QED) is 0.561. The molecule has 1 amide bonds. The van der Waals surface area contributed by atoms with Gasteiger partial charge in [-0.3, -0.25) is 9.59 Å². The van der Waals surface area contributed by atoms with Gasteiger partial charge in [0.2, 0.25) is 6.10 Å². The van der Waals surface area contributed by atoms with Gasteiger partial charge in [0.15, 0.2) is 0 Å². The van der Waals surface area contributed by atoms with Gasteiger partial charge in [-0.15, -0.1) is 0 Å². The molecular weight excluding hydrogens is 354 g/mol. The molecule has 1 N–H and O–H groups in total. The summed E-state index contributed by atoms with van der Waals surface area (Å²) in [4.78, 5) is 25.7. The molecule has 2 aromatic rings. The molecule has 2 aromatic carbocycles. The molecule has 5 heteroatoms. The third-order valence-corrected chi connectivity index (χ3v) is 4.62. The van der Waals surface area contributed by atoms with E-state index in [1.165, 1.54) is 0 Å². The second-order valence-corrected chi connectivity index (χ2v) is 6.63. The topological polar surface area (TPSA) is 64.6 Å². The molecule has 1 aliphatic rings. The SMILES string of the molecule is CCOc1ccccc1NC(=O)C(OC(=O)C1CC=CCC1)c1ccccc1. The number of benzene rings is 2. The summed E-state index contributed by atoms with van der Waals surface area (Å²) in [6, 6.07) is 16.3. The Morgan fingerprint density at radius 1 is 1.07 bits per heavy atom. The Morgan fingerprint density at radius 2 is 1.82 bits per heavy atom. The Bertz CT molecular complexity index is 832. The number of rotatable bonds is 7. The van der Waals surface area contributed by atoms with Crippen molar-refractivity contribution in [3.8, 4) is 5.75 Å². The number of hydrogen-bond donors (Lipinski definition) is 1. The zero-order valence-corrected chi connectivity index (χ0v) is 16.0. The minimum atomic E-state index is -1.02. The number of amides is 1. The van der Waals surface area contributed by atoms with Gasteiger partial charge in [0, 0.05) is 5.56 Å². The predicted octanol–water partition coefficient (Wildman–Crippen LogP) is 4.66. The summed E-state index contributed by atoms with van der Waals surface area (Å²) in [7, 11) is 0. The average molecular weight is 379 g/mol. The molecule has 3 rings (SSSR count). The van der Waals surface area contributed by atoms with Crippen LogP contribution in [0.5, 0.6) is 5.75 Å². The molecule has 0 spiro atoms. The first-order valence-corrected chi connectivity index (χ1v) is 9.62. The Labute approximate surface area is 165 Å². The van der Waals surface area contributed by atoms with Gasteiger partial charge in [-0.2, -0.15) is 0 Å². The van der Waals surface area contributed by atoms with E-state index < -0.39 is 12.0 Å². The number of ether oxygens (including phenoxy) is 2. The molecule has 146 valence electrons. The van der Waals surface area contributed by atoms with Gasteiger partial charge in [0.05, 0.1) is 18.2 Å². The number of para-hydroxylation sites is 2. The van der Waals surface area contributed by atoms with Crippen LogP contribution in [0.25, 0.3) is 0 Å². The largest absolute Gasteiger partial charge is 0.492 e. The van der Waals surface area contributed by atoms with Crippen molar-refractivity contribution < 1.29 is 19.1 Å². The van der Waals surface area contributed by atoms with Crippen LogP contribution in [0.1, 0.15) is 37.9 Å². The van der Waals surface area contributed by atoms with E-state index in [9.17, 15) is 9.59 Å². The number of carbonyl (C=O) groups excluding carboxylic acids is 2. The number of anilines is 1. The molecule has 2 unspecified atom stereocenters. The highest BCUT2D eigenvalue weighted by Gasteiger charge is 2.29. The van der Waals surface area contributed by atoms with E-state index in [0.717, 1.165) is 12.8 Å². The van der Waals surface area contributed by atoms with Gasteiger partial charge in [0.25, 0.3) is 5.91 Å². The molecular formula is C23H25NO4. The molecule has 0 bridgehead atoms.